The number of aromatic nitrogens is 2. The standard InChI is InChI=1S/C17H17N5O6S/c1-28-15-7-6-14(19-20-15)21-29(26,27)12-4-2-11(3-5-12)18-13-10-16(24)22(8-9-23)17(13)25/h2-7,10,18,23H,8-9H2,1H3,(H,19,21). The molecule has 12 heteroatoms. The fourth-order valence-electron chi connectivity index (χ4n) is 2.46. The van der Waals surface area contributed by atoms with Crippen molar-refractivity contribution in [3.05, 3.63) is 48.2 Å². The van der Waals surface area contributed by atoms with E-state index in [4.69, 9.17) is 9.84 Å². The van der Waals surface area contributed by atoms with Crippen molar-refractivity contribution in [2.75, 3.05) is 30.3 Å². The van der Waals surface area contributed by atoms with Crippen LogP contribution in [0.3, 0.4) is 0 Å². The highest BCUT2D eigenvalue weighted by Crippen LogP contribution is 2.20. The summed E-state index contributed by atoms with van der Waals surface area (Å²) in [6.45, 7) is -0.437. The molecule has 152 valence electrons. The molecule has 0 saturated carbocycles. The van der Waals surface area contributed by atoms with E-state index in [1.165, 1.54) is 43.5 Å². The van der Waals surface area contributed by atoms with Gasteiger partial charge in [0.05, 0.1) is 25.2 Å². The smallest absolute Gasteiger partial charge is 0.277 e. The number of nitrogens with zero attached hydrogens (tertiary/aromatic N) is 3. The first kappa shape index (κ1) is 20.2. The van der Waals surface area contributed by atoms with Crippen LogP contribution in [-0.2, 0) is 19.6 Å². The Bertz CT molecular complexity index is 1050. The molecule has 0 unspecified atom stereocenters. The largest absolute Gasteiger partial charge is 0.480 e. The number of hydrogen-bond donors (Lipinski definition) is 3. The monoisotopic (exact) mass is 419 g/mol. The number of carbonyl (C=O) groups excluding carboxylic acids is 2. The minimum atomic E-state index is -3.91. The van der Waals surface area contributed by atoms with Gasteiger partial charge in [-0.1, -0.05) is 0 Å². The Morgan fingerprint density at radius 2 is 1.83 bits per heavy atom. The van der Waals surface area contributed by atoms with E-state index < -0.39 is 21.8 Å². The van der Waals surface area contributed by atoms with Gasteiger partial charge in [0, 0.05) is 17.8 Å². The molecule has 3 N–H and O–H groups in total. The maximum absolute atomic E-state index is 12.5. The highest BCUT2D eigenvalue weighted by atomic mass is 32.2. The van der Waals surface area contributed by atoms with Gasteiger partial charge in [-0.25, -0.2) is 8.42 Å². The molecule has 1 aromatic carbocycles. The summed E-state index contributed by atoms with van der Waals surface area (Å²) in [4.78, 5) is 24.7. The summed E-state index contributed by atoms with van der Waals surface area (Å²) in [7, 11) is -2.49. The molecule has 0 atom stereocenters. The van der Waals surface area contributed by atoms with Crippen LogP contribution >= 0.6 is 0 Å². The van der Waals surface area contributed by atoms with Gasteiger partial charge in [-0.05, 0) is 30.3 Å². The van der Waals surface area contributed by atoms with Gasteiger partial charge in [-0.2, -0.15) is 0 Å². The maximum Gasteiger partial charge on any atom is 0.277 e. The maximum atomic E-state index is 12.5. The summed E-state index contributed by atoms with van der Waals surface area (Å²) >= 11 is 0. The summed E-state index contributed by atoms with van der Waals surface area (Å²) in [6, 6.07) is 8.42. The Kier molecular flexibility index (Phi) is 5.75. The molecule has 2 amide bonds. The van der Waals surface area contributed by atoms with Gasteiger partial charge in [0.1, 0.15) is 5.70 Å². The summed E-state index contributed by atoms with van der Waals surface area (Å²) in [5.74, 6) is -0.830. The van der Waals surface area contributed by atoms with E-state index in [0.717, 1.165) is 11.0 Å². The number of imide groups is 1. The molecule has 0 radical (unpaired) electrons. The first-order chi connectivity index (χ1) is 13.8. The van der Waals surface area contributed by atoms with E-state index in [1.807, 2.05) is 0 Å². The van der Waals surface area contributed by atoms with E-state index in [2.05, 4.69) is 20.2 Å². The minimum absolute atomic E-state index is 0.0252. The average Bonchev–Trinajstić information content (AvgIpc) is 2.96. The van der Waals surface area contributed by atoms with E-state index in [-0.39, 0.29) is 35.4 Å². The highest BCUT2D eigenvalue weighted by Gasteiger charge is 2.30. The lowest BCUT2D eigenvalue weighted by atomic mass is 10.3. The first-order valence-electron chi connectivity index (χ1n) is 8.30. The molecule has 1 aliphatic rings. The Labute approximate surface area is 166 Å². The van der Waals surface area contributed by atoms with Crippen LogP contribution in [-0.4, -0.2) is 60.7 Å². The zero-order valence-electron chi connectivity index (χ0n) is 15.2. The number of amides is 2. The van der Waals surface area contributed by atoms with Crippen molar-refractivity contribution >= 4 is 33.3 Å². The van der Waals surface area contributed by atoms with Gasteiger partial charge in [-0.15, -0.1) is 10.2 Å². The van der Waals surface area contributed by atoms with Crippen LogP contribution in [0.1, 0.15) is 0 Å². The van der Waals surface area contributed by atoms with Crippen molar-refractivity contribution < 1.29 is 27.9 Å². The van der Waals surface area contributed by atoms with Crippen LogP contribution in [0.25, 0.3) is 0 Å². The molecule has 2 aromatic rings. The normalized spacial score (nSPS) is 14.0. The van der Waals surface area contributed by atoms with Gasteiger partial charge in [0.2, 0.25) is 5.88 Å². The molecule has 0 bridgehead atoms. The fraction of sp³-hybridized carbons (Fsp3) is 0.176. The van der Waals surface area contributed by atoms with Crippen LogP contribution in [0.5, 0.6) is 5.88 Å². The number of ether oxygens (including phenoxy) is 1. The van der Waals surface area contributed by atoms with Crippen molar-refractivity contribution in [3.63, 3.8) is 0 Å². The molecule has 1 aromatic heterocycles. The van der Waals surface area contributed by atoms with Crippen molar-refractivity contribution in [3.8, 4) is 5.88 Å². The third-order valence-corrected chi connectivity index (χ3v) is 5.24. The van der Waals surface area contributed by atoms with Crippen molar-refractivity contribution in [2.45, 2.75) is 4.90 Å². The highest BCUT2D eigenvalue weighted by molar-refractivity contribution is 7.92. The number of rotatable bonds is 8. The number of anilines is 2. The van der Waals surface area contributed by atoms with Crippen molar-refractivity contribution in [1.29, 1.82) is 0 Å². The number of aliphatic hydroxyl groups excluding tert-OH is 1. The van der Waals surface area contributed by atoms with Crippen LogP contribution in [0.4, 0.5) is 11.5 Å². The summed E-state index contributed by atoms with van der Waals surface area (Å²) < 4.78 is 32.1. The third kappa shape index (κ3) is 4.50. The molecule has 3 rings (SSSR count). The molecule has 11 nitrogen and oxygen atoms in total. The number of aliphatic hydroxyl groups is 1. The number of β-amino-alcohol motifs (C(OH)–C–C–N with tert-alkyl or cyclic N) is 1. The molecule has 0 aliphatic carbocycles. The predicted molar refractivity (Wildman–Crippen MR) is 101 cm³/mol. The quantitative estimate of drug-likeness (QED) is 0.500. The summed E-state index contributed by atoms with van der Waals surface area (Å²) in [6.07, 6.45) is 1.12. The zero-order chi connectivity index (χ0) is 21.0. The van der Waals surface area contributed by atoms with E-state index >= 15 is 0 Å². The third-order valence-electron chi connectivity index (χ3n) is 3.86. The van der Waals surface area contributed by atoms with Gasteiger partial charge >= 0.3 is 0 Å². The van der Waals surface area contributed by atoms with Crippen LogP contribution < -0.4 is 14.8 Å². The lowest BCUT2D eigenvalue weighted by Gasteiger charge is -2.13. The summed E-state index contributed by atoms with van der Waals surface area (Å²) in [5, 5.41) is 19.1. The molecule has 0 saturated heterocycles. The second kappa shape index (κ2) is 8.24. The molecule has 29 heavy (non-hydrogen) atoms. The SMILES string of the molecule is COc1ccc(NS(=O)(=O)c2ccc(NC3=CC(=O)N(CCO)C3=O)cc2)nn1. The van der Waals surface area contributed by atoms with Crippen LogP contribution in [0.15, 0.2) is 53.1 Å². The number of carbonyl (C=O) groups is 2. The number of methoxy groups -OCH3 is 1. The Morgan fingerprint density at radius 1 is 1.10 bits per heavy atom. The second-order valence-electron chi connectivity index (χ2n) is 5.79. The number of benzene rings is 1. The van der Waals surface area contributed by atoms with Crippen molar-refractivity contribution in [2.24, 2.45) is 0 Å². The lowest BCUT2D eigenvalue weighted by molar-refractivity contribution is -0.137. The molecule has 2 heterocycles. The first-order valence-corrected chi connectivity index (χ1v) is 9.78. The van der Waals surface area contributed by atoms with Crippen LogP contribution in [0, 0.1) is 0 Å². The van der Waals surface area contributed by atoms with Gasteiger partial charge in [0.15, 0.2) is 5.82 Å². The molecule has 1 aliphatic heterocycles. The van der Waals surface area contributed by atoms with Gasteiger partial charge < -0.3 is 15.2 Å². The Hall–Kier alpha value is -3.51. The molecule has 0 spiro atoms. The lowest BCUT2D eigenvalue weighted by Crippen LogP contribution is -2.34. The fourth-order valence-corrected chi connectivity index (χ4v) is 3.46. The number of sulfonamides is 1. The van der Waals surface area contributed by atoms with Crippen molar-refractivity contribution in [1.82, 2.24) is 15.1 Å². The zero-order valence-corrected chi connectivity index (χ0v) is 16.0. The summed E-state index contributed by atoms with van der Waals surface area (Å²) in [5.41, 5.74) is 0.442. The minimum Gasteiger partial charge on any atom is -0.480 e. The molecule has 0 fully saturated rings. The van der Waals surface area contributed by atoms with E-state index in [1.54, 1.807) is 0 Å². The predicted octanol–water partition coefficient (Wildman–Crippen LogP) is -0.0571. The molecular weight excluding hydrogens is 402 g/mol. The molecular formula is C17H17N5O6S. The second-order valence-corrected chi connectivity index (χ2v) is 7.47. The van der Waals surface area contributed by atoms with Crippen LogP contribution in [0.2, 0.25) is 0 Å². The Morgan fingerprint density at radius 3 is 2.41 bits per heavy atom. The average molecular weight is 419 g/mol. The van der Waals surface area contributed by atoms with Gasteiger partial charge in [0.25, 0.3) is 21.8 Å². The van der Waals surface area contributed by atoms with E-state index in [9.17, 15) is 18.0 Å². The topological polar surface area (TPSA) is 151 Å². The number of hydrogen-bond acceptors (Lipinski definition) is 9. The van der Waals surface area contributed by atoms with Gasteiger partial charge in [-0.3, -0.25) is 19.2 Å². The Balaban J connectivity index is 1.70. The van der Waals surface area contributed by atoms with E-state index in [0.29, 0.717) is 5.69 Å². The number of nitrogens with one attached hydrogen (secondary N) is 2.